The van der Waals surface area contributed by atoms with Gasteiger partial charge in [-0.2, -0.15) is 15.0 Å². The van der Waals surface area contributed by atoms with Crippen LogP contribution in [0.15, 0.2) is 18.7 Å². The van der Waals surface area contributed by atoms with Gasteiger partial charge in [0.05, 0.1) is 0 Å². The number of carbonyl (C=O) groups is 1. The Labute approximate surface area is 121 Å². The summed E-state index contributed by atoms with van der Waals surface area (Å²) in [7, 11) is 0. The molecule has 2 aromatic heterocycles. The van der Waals surface area contributed by atoms with Crippen molar-refractivity contribution in [3.05, 3.63) is 18.7 Å². The first-order valence-corrected chi connectivity index (χ1v) is 6.74. The lowest BCUT2D eigenvalue weighted by Gasteiger charge is -2.07. The van der Waals surface area contributed by atoms with Crippen molar-refractivity contribution in [1.29, 1.82) is 0 Å². The number of nitrogens with two attached hydrogens (primary N) is 1. The molecule has 21 heavy (non-hydrogen) atoms. The molecule has 0 aromatic carbocycles. The van der Waals surface area contributed by atoms with Crippen molar-refractivity contribution in [3.8, 4) is 5.95 Å². The third-order valence-electron chi connectivity index (χ3n) is 2.95. The molecule has 110 valence electrons. The van der Waals surface area contributed by atoms with E-state index in [1.54, 1.807) is 23.3 Å². The van der Waals surface area contributed by atoms with Gasteiger partial charge in [0.15, 0.2) is 0 Å². The third kappa shape index (κ3) is 3.65. The van der Waals surface area contributed by atoms with Gasteiger partial charge in [0.2, 0.25) is 23.8 Å². The smallest absolute Gasteiger partial charge is 0.241 e. The normalized spacial score (nSPS) is 13.9. The third-order valence-corrected chi connectivity index (χ3v) is 2.95. The van der Waals surface area contributed by atoms with Gasteiger partial charge in [-0.05, 0) is 12.8 Å². The standard InChI is InChI=1S/C12H16N8O/c13-10-17-11(15-4-3-9(21)16-8-1-2-8)19-12(18-10)20-6-5-14-7-20/h5-8H,1-4H2,(H,16,21)(H3,13,15,17,18,19). The maximum absolute atomic E-state index is 11.6. The van der Waals surface area contributed by atoms with Crippen LogP contribution < -0.4 is 16.4 Å². The van der Waals surface area contributed by atoms with E-state index in [0.29, 0.717) is 30.9 Å². The summed E-state index contributed by atoms with van der Waals surface area (Å²) in [6.07, 6.45) is 7.43. The molecule has 1 aliphatic rings. The Kier molecular flexibility index (Phi) is 3.63. The Morgan fingerprint density at radius 2 is 2.24 bits per heavy atom. The van der Waals surface area contributed by atoms with Crippen LogP contribution in [0.4, 0.5) is 11.9 Å². The summed E-state index contributed by atoms with van der Waals surface area (Å²) in [5.74, 6) is 0.857. The van der Waals surface area contributed by atoms with Crippen molar-refractivity contribution in [1.82, 2.24) is 29.8 Å². The molecule has 1 saturated carbocycles. The number of hydrogen-bond acceptors (Lipinski definition) is 7. The Morgan fingerprint density at radius 1 is 1.38 bits per heavy atom. The zero-order chi connectivity index (χ0) is 14.7. The number of aromatic nitrogens is 5. The number of amides is 1. The molecule has 0 unspecified atom stereocenters. The zero-order valence-corrected chi connectivity index (χ0v) is 11.4. The minimum atomic E-state index is 0.0295. The summed E-state index contributed by atoms with van der Waals surface area (Å²) >= 11 is 0. The number of anilines is 2. The summed E-state index contributed by atoms with van der Waals surface area (Å²) in [4.78, 5) is 27.7. The largest absolute Gasteiger partial charge is 0.368 e. The molecule has 3 rings (SSSR count). The van der Waals surface area contributed by atoms with Crippen LogP contribution in [-0.2, 0) is 4.79 Å². The summed E-state index contributed by atoms with van der Waals surface area (Å²) < 4.78 is 1.63. The van der Waals surface area contributed by atoms with E-state index in [1.165, 1.54) is 0 Å². The SMILES string of the molecule is Nc1nc(NCCC(=O)NC2CC2)nc(-n2ccnc2)n1. The number of imidazole rings is 1. The average molecular weight is 288 g/mol. The highest BCUT2D eigenvalue weighted by Crippen LogP contribution is 2.18. The van der Waals surface area contributed by atoms with Gasteiger partial charge in [-0.25, -0.2) is 4.98 Å². The molecule has 2 heterocycles. The summed E-state index contributed by atoms with van der Waals surface area (Å²) in [5, 5.41) is 5.89. The lowest BCUT2D eigenvalue weighted by molar-refractivity contribution is -0.120. The molecule has 0 aliphatic heterocycles. The number of hydrogen-bond donors (Lipinski definition) is 3. The van der Waals surface area contributed by atoms with Crippen LogP contribution >= 0.6 is 0 Å². The quantitative estimate of drug-likeness (QED) is 0.667. The average Bonchev–Trinajstić information content (AvgIpc) is 3.08. The van der Waals surface area contributed by atoms with Crippen LogP contribution in [-0.4, -0.2) is 43.0 Å². The molecule has 0 spiro atoms. The molecule has 4 N–H and O–H groups in total. The highest BCUT2D eigenvalue weighted by atomic mass is 16.1. The number of nitrogen functional groups attached to an aromatic ring is 1. The van der Waals surface area contributed by atoms with Gasteiger partial charge in [-0.15, -0.1) is 0 Å². The Morgan fingerprint density at radius 3 is 2.95 bits per heavy atom. The second-order valence-corrected chi connectivity index (χ2v) is 4.81. The van der Waals surface area contributed by atoms with Gasteiger partial charge in [0.1, 0.15) is 6.33 Å². The van der Waals surface area contributed by atoms with E-state index in [-0.39, 0.29) is 11.9 Å². The molecule has 0 radical (unpaired) electrons. The van der Waals surface area contributed by atoms with E-state index in [0.717, 1.165) is 12.8 Å². The zero-order valence-electron chi connectivity index (χ0n) is 11.4. The van der Waals surface area contributed by atoms with Crippen LogP contribution in [0.5, 0.6) is 0 Å². The highest BCUT2D eigenvalue weighted by molar-refractivity contribution is 5.77. The first kappa shape index (κ1) is 13.3. The summed E-state index contributed by atoms with van der Waals surface area (Å²) in [6, 6.07) is 0.373. The maximum Gasteiger partial charge on any atom is 0.241 e. The van der Waals surface area contributed by atoms with Gasteiger partial charge in [-0.3, -0.25) is 9.36 Å². The first-order valence-electron chi connectivity index (χ1n) is 6.74. The van der Waals surface area contributed by atoms with Crippen molar-refractivity contribution >= 4 is 17.8 Å². The first-order chi connectivity index (χ1) is 10.2. The second kappa shape index (κ2) is 5.73. The molecule has 1 fully saturated rings. The Bertz CT molecular complexity index is 622. The molecule has 1 amide bonds. The molecule has 0 saturated heterocycles. The maximum atomic E-state index is 11.6. The van der Waals surface area contributed by atoms with E-state index in [9.17, 15) is 4.79 Å². The molecule has 0 atom stereocenters. The van der Waals surface area contributed by atoms with Gasteiger partial charge in [0, 0.05) is 31.4 Å². The molecule has 9 heteroatoms. The molecule has 0 bridgehead atoms. The van der Waals surface area contributed by atoms with Crippen molar-refractivity contribution in [2.75, 3.05) is 17.6 Å². The Hall–Kier alpha value is -2.71. The summed E-state index contributed by atoms with van der Waals surface area (Å²) in [6.45, 7) is 0.436. The van der Waals surface area contributed by atoms with E-state index >= 15 is 0 Å². The minimum absolute atomic E-state index is 0.0295. The number of nitrogens with zero attached hydrogens (tertiary/aromatic N) is 5. The van der Waals surface area contributed by atoms with E-state index in [1.807, 2.05) is 0 Å². The van der Waals surface area contributed by atoms with Crippen molar-refractivity contribution in [2.24, 2.45) is 0 Å². The molecule has 2 aromatic rings. The monoisotopic (exact) mass is 288 g/mol. The lowest BCUT2D eigenvalue weighted by Crippen LogP contribution is -2.27. The van der Waals surface area contributed by atoms with Crippen LogP contribution in [0.2, 0.25) is 0 Å². The Balaban J connectivity index is 1.58. The molecular weight excluding hydrogens is 272 g/mol. The fourth-order valence-corrected chi connectivity index (χ4v) is 1.77. The number of rotatable bonds is 6. The van der Waals surface area contributed by atoms with Crippen LogP contribution in [0, 0.1) is 0 Å². The van der Waals surface area contributed by atoms with Gasteiger partial charge < -0.3 is 16.4 Å². The van der Waals surface area contributed by atoms with Crippen LogP contribution in [0.3, 0.4) is 0 Å². The van der Waals surface area contributed by atoms with Gasteiger partial charge >= 0.3 is 0 Å². The van der Waals surface area contributed by atoms with E-state index < -0.39 is 0 Å². The topological polar surface area (TPSA) is 124 Å². The number of carbonyl (C=O) groups excluding carboxylic acids is 1. The van der Waals surface area contributed by atoms with Gasteiger partial charge in [0.25, 0.3) is 0 Å². The number of nitrogens with one attached hydrogen (secondary N) is 2. The highest BCUT2D eigenvalue weighted by Gasteiger charge is 2.22. The van der Waals surface area contributed by atoms with Crippen LogP contribution in [0.25, 0.3) is 5.95 Å². The fraction of sp³-hybridized carbons (Fsp3) is 0.417. The van der Waals surface area contributed by atoms with Crippen molar-refractivity contribution < 1.29 is 4.79 Å². The second-order valence-electron chi connectivity index (χ2n) is 4.81. The van der Waals surface area contributed by atoms with Crippen LogP contribution in [0.1, 0.15) is 19.3 Å². The predicted molar refractivity (Wildman–Crippen MR) is 75.6 cm³/mol. The molecular formula is C12H16N8O. The summed E-state index contributed by atoms with van der Waals surface area (Å²) in [5.41, 5.74) is 5.66. The van der Waals surface area contributed by atoms with E-state index in [4.69, 9.17) is 5.73 Å². The van der Waals surface area contributed by atoms with Crippen molar-refractivity contribution in [2.45, 2.75) is 25.3 Å². The van der Waals surface area contributed by atoms with Gasteiger partial charge in [-0.1, -0.05) is 0 Å². The predicted octanol–water partition coefficient (Wildman–Crippen LogP) is -0.280. The minimum Gasteiger partial charge on any atom is -0.368 e. The van der Waals surface area contributed by atoms with Crippen molar-refractivity contribution in [3.63, 3.8) is 0 Å². The van der Waals surface area contributed by atoms with E-state index in [2.05, 4.69) is 30.6 Å². The fourth-order valence-electron chi connectivity index (χ4n) is 1.77. The molecule has 1 aliphatic carbocycles. The lowest BCUT2D eigenvalue weighted by atomic mass is 10.4. The molecule has 9 nitrogen and oxygen atoms in total.